The Bertz CT molecular complexity index is 306. The van der Waals surface area contributed by atoms with Crippen LogP contribution in [-0.4, -0.2) is 13.2 Å². The molecule has 0 aliphatic rings. The molecule has 0 atom stereocenters. The minimum atomic E-state index is -0.181. The fraction of sp³-hybridized carbons (Fsp3) is 0.647. The van der Waals surface area contributed by atoms with E-state index in [2.05, 4.69) is 19.1 Å². The van der Waals surface area contributed by atoms with Crippen molar-refractivity contribution >= 4 is 0 Å². The van der Waals surface area contributed by atoms with Crippen LogP contribution >= 0.6 is 0 Å². The average molecular weight is 263 g/mol. The van der Waals surface area contributed by atoms with Crippen molar-refractivity contribution < 1.29 is 9.84 Å². The van der Waals surface area contributed by atoms with E-state index in [1.165, 1.54) is 50.5 Å². The Morgan fingerprint density at radius 2 is 1.53 bits per heavy atom. The van der Waals surface area contributed by atoms with E-state index in [-0.39, 0.29) is 13.2 Å². The highest BCUT2D eigenvalue weighted by molar-refractivity contribution is 5.27. The number of rotatable bonds is 11. The van der Waals surface area contributed by atoms with Gasteiger partial charge >= 0.3 is 0 Å². The Balaban J connectivity index is 2.09. The quantitative estimate of drug-likeness (QED) is 0.528. The van der Waals surface area contributed by atoms with Gasteiger partial charge in [0.15, 0.2) is 0 Å². The third-order valence-electron chi connectivity index (χ3n) is 3.34. The van der Waals surface area contributed by atoms with Gasteiger partial charge in [0.1, 0.15) is 19.0 Å². The summed E-state index contributed by atoms with van der Waals surface area (Å²) < 4.78 is 5.28. The Labute approximate surface area is 117 Å². The van der Waals surface area contributed by atoms with Gasteiger partial charge in [-0.25, -0.2) is 5.11 Å². The second-order valence-corrected chi connectivity index (χ2v) is 5.07. The molecular formula is C17H27O2. The maximum absolute atomic E-state index is 10.3. The van der Waals surface area contributed by atoms with Crippen LogP contribution in [0.3, 0.4) is 0 Å². The highest BCUT2D eigenvalue weighted by Gasteiger charge is 1.97. The molecule has 1 radical (unpaired) electrons. The van der Waals surface area contributed by atoms with Crippen LogP contribution < -0.4 is 4.74 Å². The Hall–Kier alpha value is -1.02. The highest BCUT2D eigenvalue weighted by atomic mass is 16.5. The normalized spacial score (nSPS) is 10.6. The zero-order chi connectivity index (χ0) is 13.8. The van der Waals surface area contributed by atoms with Crippen LogP contribution in [0, 0.1) is 0 Å². The molecule has 0 aromatic heterocycles. The van der Waals surface area contributed by atoms with Gasteiger partial charge in [-0.2, -0.15) is 0 Å². The summed E-state index contributed by atoms with van der Waals surface area (Å²) in [5, 5.41) is 10.3. The van der Waals surface area contributed by atoms with Crippen LogP contribution in [0.5, 0.6) is 5.75 Å². The van der Waals surface area contributed by atoms with E-state index < -0.39 is 0 Å². The molecular weight excluding hydrogens is 236 g/mol. The van der Waals surface area contributed by atoms with Crippen molar-refractivity contribution in [3.8, 4) is 5.75 Å². The molecule has 0 unspecified atom stereocenters. The van der Waals surface area contributed by atoms with Crippen molar-refractivity contribution in [1.29, 1.82) is 0 Å². The van der Waals surface area contributed by atoms with Crippen molar-refractivity contribution in [2.45, 2.75) is 58.3 Å². The first-order chi connectivity index (χ1) is 9.36. The summed E-state index contributed by atoms with van der Waals surface area (Å²) in [6.45, 7) is 2.33. The second kappa shape index (κ2) is 10.9. The maximum Gasteiger partial charge on any atom is 0.119 e. The van der Waals surface area contributed by atoms with Crippen molar-refractivity contribution in [2.24, 2.45) is 0 Å². The lowest BCUT2D eigenvalue weighted by Crippen LogP contribution is -2.00. The van der Waals surface area contributed by atoms with E-state index in [4.69, 9.17) is 4.74 Å². The van der Waals surface area contributed by atoms with Gasteiger partial charge in [-0.1, -0.05) is 57.6 Å². The molecule has 0 saturated carbocycles. The number of aryl methyl sites for hydroxylation is 1. The van der Waals surface area contributed by atoms with Gasteiger partial charge in [0.25, 0.3) is 0 Å². The summed E-state index contributed by atoms with van der Waals surface area (Å²) in [4.78, 5) is 0. The zero-order valence-electron chi connectivity index (χ0n) is 12.2. The smallest absolute Gasteiger partial charge is 0.119 e. The van der Waals surface area contributed by atoms with E-state index >= 15 is 0 Å². The Morgan fingerprint density at radius 1 is 0.895 bits per heavy atom. The molecule has 1 rings (SSSR count). The lowest BCUT2D eigenvalue weighted by molar-refractivity contribution is 0.138. The third kappa shape index (κ3) is 7.89. The van der Waals surface area contributed by atoms with Crippen LogP contribution in [-0.2, 0) is 11.5 Å². The second-order valence-electron chi connectivity index (χ2n) is 5.07. The maximum atomic E-state index is 10.3. The number of benzene rings is 1. The van der Waals surface area contributed by atoms with Crippen molar-refractivity contribution in [3.05, 3.63) is 29.8 Å². The molecule has 0 fully saturated rings. The monoisotopic (exact) mass is 263 g/mol. The Morgan fingerprint density at radius 3 is 2.16 bits per heavy atom. The topological polar surface area (TPSA) is 29.1 Å². The van der Waals surface area contributed by atoms with Crippen LogP contribution in [0.1, 0.15) is 57.4 Å². The molecule has 1 aromatic carbocycles. The van der Waals surface area contributed by atoms with E-state index in [9.17, 15) is 5.11 Å². The Kier molecular flexibility index (Phi) is 9.17. The predicted octanol–water partition coefficient (Wildman–Crippen LogP) is 4.79. The summed E-state index contributed by atoms with van der Waals surface area (Å²) in [5.41, 5.74) is 1.36. The minimum Gasteiger partial charge on any atom is -0.491 e. The zero-order valence-corrected chi connectivity index (χ0v) is 12.2. The molecule has 0 heterocycles. The van der Waals surface area contributed by atoms with Crippen LogP contribution in [0.15, 0.2) is 24.3 Å². The number of ether oxygens (including phenoxy) is 1. The van der Waals surface area contributed by atoms with Crippen LogP contribution in [0.2, 0.25) is 0 Å². The van der Waals surface area contributed by atoms with Crippen molar-refractivity contribution in [1.82, 2.24) is 0 Å². The van der Waals surface area contributed by atoms with Crippen molar-refractivity contribution in [2.75, 3.05) is 13.2 Å². The summed E-state index contributed by atoms with van der Waals surface area (Å²) in [5.74, 6) is 0.805. The fourth-order valence-corrected chi connectivity index (χ4v) is 2.20. The number of hydrogen-bond acceptors (Lipinski definition) is 1. The molecule has 1 aromatic rings. The molecule has 0 N–H and O–H groups in total. The summed E-state index contributed by atoms with van der Waals surface area (Å²) in [6.07, 6.45) is 10.6. The standard InChI is InChI=1S/C17H27O2/c1-2-3-4-5-6-7-8-9-16-10-12-17(13-11-16)19-15-14-18/h10-13H,2-9,14-15H2,1H3. The van der Waals surface area contributed by atoms with Gasteiger partial charge in [0, 0.05) is 0 Å². The first-order valence-electron chi connectivity index (χ1n) is 7.66. The first kappa shape index (κ1) is 16.0. The van der Waals surface area contributed by atoms with Gasteiger partial charge in [0.05, 0.1) is 0 Å². The minimum absolute atomic E-state index is 0.181. The SMILES string of the molecule is CCCCCCCCCc1ccc(OCC[O])cc1. The number of hydrogen-bond donors (Lipinski definition) is 0. The van der Waals surface area contributed by atoms with E-state index in [1.54, 1.807) is 0 Å². The molecule has 0 saturated heterocycles. The van der Waals surface area contributed by atoms with Crippen LogP contribution in [0.25, 0.3) is 0 Å². The fourth-order valence-electron chi connectivity index (χ4n) is 2.20. The van der Waals surface area contributed by atoms with E-state index in [0.29, 0.717) is 0 Å². The van der Waals surface area contributed by atoms with E-state index in [0.717, 1.165) is 12.2 Å². The average Bonchev–Trinajstić information content (AvgIpc) is 2.45. The number of unbranched alkanes of at least 4 members (excludes halogenated alkanes) is 6. The molecule has 2 heteroatoms. The molecule has 19 heavy (non-hydrogen) atoms. The molecule has 0 spiro atoms. The van der Waals surface area contributed by atoms with Gasteiger partial charge < -0.3 is 4.74 Å². The van der Waals surface area contributed by atoms with Gasteiger partial charge in [0.2, 0.25) is 0 Å². The highest BCUT2D eigenvalue weighted by Crippen LogP contribution is 2.15. The van der Waals surface area contributed by atoms with Gasteiger partial charge in [-0.15, -0.1) is 0 Å². The molecule has 0 aliphatic carbocycles. The molecule has 2 nitrogen and oxygen atoms in total. The first-order valence-corrected chi connectivity index (χ1v) is 7.66. The largest absolute Gasteiger partial charge is 0.491 e. The summed E-state index contributed by atoms with van der Waals surface area (Å²) >= 11 is 0. The summed E-state index contributed by atoms with van der Waals surface area (Å²) in [7, 11) is 0. The summed E-state index contributed by atoms with van der Waals surface area (Å²) in [6, 6.07) is 8.15. The predicted molar refractivity (Wildman–Crippen MR) is 79.2 cm³/mol. The lowest BCUT2D eigenvalue weighted by Gasteiger charge is -2.05. The molecule has 107 valence electrons. The van der Waals surface area contributed by atoms with Crippen molar-refractivity contribution in [3.63, 3.8) is 0 Å². The van der Waals surface area contributed by atoms with Gasteiger partial charge in [-0.05, 0) is 30.5 Å². The molecule has 0 aliphatic heterocycles. The lowest BCUT2D eigenvalue weighted by atomic mass is 10.0. The van der Waals surface area contributed by atoms with Crippen LogP contribution in [0.4, 0.5) is 0 Å². The third-order valence-corrected chi connectivity index (χ3v) is 3.34. The molecule has 0 bridgehead atoms. The van der Waals surface area contributed by atoms with E-state index in [1.807, 2.05) is 12.1 Å². The molecule has 0 amide bonds. The van der Waals surface area contributed by atoms with Gasteiger partial charge in [-0.3, -0.25) is 0 Å².